The number of amides is 2. The van der Waals surface area contributed by atoms with Gasteiger partial charge in [-0.2, -0.15) is 0 Å². The molecule has 1 heterocycles. The lowest BCUT2D eigenvalue weighted by Gasteiger charge is -2.27. The first-order valence-electron chi connectivity index (χ1n) is 9.92. The lowest BCUT2D eigenvalue weighted by molar-refractivity contribution is -0.115. The van der Waals surface area contributed by atoms with E-state index in [0.29, 0.717) is 11.3 Å². The van der Waals surface area contributed by atoms with Gasteiger partial charge in [-0.1, -0.05) is 48.0 Å². The van der Waals surface area contributed by atoms with Crippen LogP contribution in [0, 0.1) is 20.8 Å². The topological polar surface area (TPSA) is 49.4 Å². The van der Waals surface area contributed by atoms with Gasteiger partial charge in [-0.25, -0.2) is 0 Å². The molecule has 1 saturated heterocycles. The Morgan fingerprint density at radius 1 is 0.967 bits per heavy atom. The highest BCUT2D eigenvalue weighted by molar-refractivity contribution is 8.00. The summed E-state index contributed by atoms with van der Waals surface area (Å²) >= 11 is 1.59. The van der Waals surface area contributed by atoms with Crippen LogP contribution in [0.2, 0.25) is 0 Å². The third-order valence-electron chi connectivity index (χ3n) is 5.28. The number of nitrogens with one attached hydrogen (secondary N) is 1. The van der Waals surface area contributed by atoms with Gasteiger partial charge in [0.15, 0.2) is 0 Å². The maximum absolute atomic E-state index is 12.8. The number of thioether (sulfide) groups is 1. The van der Waals surface area contributed by atoms with Gasteiger partial charge >= 0.3 is 0 Å². The molecular weight excluding hydrogens is 392 g/mol. The number of benzene rings is 3. The molecule has 4 rings (SSSR count). The molecule has 1 fully saturated rings. The van der Waals surface area contributed by atoms with E-state index in [1.807, 2.05) is 80.3 Å². The van der Waals surface area contributed by atoms with Crippen molar-refractivity contribution in [3.8, 4) is 0 Å². The number of aryl methyl sites for hydroxylation is 3. The van der Waals surface area contributed by atoms with Gasteiger partial charge in [0.1, 0.15) is 5.37 Å². The molecule has 1 aliphatic rings. The number of nitrogens with zero attached hydrogens (tertiary/aromatic N) is 1. The number of carbonyl (C=O) groups excluding carboxylic acids is 2. The molecule has 5 heteroatoms. The molecule has 2 amide bonds. The number of rotatable bonds is 4. The van der Waals surface area contributed by atoms with Gasteiger partial charge in [-0.05, 0) is 56.2 Å². The van der Waals surface area contributed by atoms with E-state index in [4.69, 9.17) is 0 Å². The Morgan fingerprint density at radius 3 is 2.43 bits per heavy atom. The van der Waals surface area contributed by atoms with E-state index >= 15 is 0 Å². The Morgan fingerprint density at radius 2 is 1.67 bits per heavy atom. The van der Waals surface area contributed by atoms with E-state index in [1.54, 1.807) is 11.8 Å². The first-order valence-corrected chi connectivity index (χ1v) is 11.0. The van der Waals surface area contributed by atoms with E-state index in [1.165, 1.54) is 0 Å². The molecule has 0 aromatic heterocycles. The molecule has 0 aliphatic carbocycles. The lowest BCUT2D eigenvalue weighted by Crippen LogP contribution is -2.29. The summed E-state index contributed by atoms with van der Waals surface area (Å²) in [7, 11) is 0. The van der Waals surface area contributed by atoms with Gasteiger partial charge < -0.3 is 5.32 Å². The van der Waals surface area contributed by atoms with Crippen LogP contribution in [0.1, 0.15) is 38.0 Å². The number of hydrogen-bond donors (Lipinski definition) is 1. The lowest BCUT2D eigenvalue weighted by atomic mass is 10.1. The summed E-state index contributed by atoms with van der Waals surface area (Å²) in [5.41, 5.74) is 6.46. The van der Waals surface area contributed by atoms with Gasteiger partial charge in [0.25, 0.3) is 5.91 Å². The predicted molar refractivity (Wildman–Crippen MR) is 124 cm³/mol. The van der Waals surface area contributed by atoms with Crippen LogP contribution < -0.4 is 10.2 Å². The third kappa shape index (κ3) is 3.98. The fourth-order valence-electron chi connectivity index (χ4n) is 3.62. The van der Waals surface area contributed by atoms with E-state index in [0.717, 1.165) is 33.6 Å². The molecule has 3 aromatic carbocycles. The quantitative estimate of drug-likeness (QED) is 0.598. The molecule has 1 atom stereocenters. The summed E-state index contributed by atoms with van der Waals surface area (Å²) in [5, 5.41) is 2.86. The molecule has 0 saturated carbocycles. The van der Waals surface area contributed by atoms with Crippen molar-refractivity contribution < 1.29 is 9.59 Å². The molecule has 30 heavy (non-hydrogen) atoms. The highest BCUT2D eigenvalue weighted by Crippen LogP contribution is 2.45. The highest BCUT2D eigenvalue weighted by atomic mass is 32.2. The summed E-state index contributed by atoms with van der Waals surface area (Å²) in [6.45, 7) is 6.04. The van der Waals surface area contributed by atoms with Crippen molar-refractivity contribution in [2.75, 3.05) is 16.0 Å². The minimum absolute atomic E-state index is 0.0818. The van der Waals surface area contributed by atoms with Gasteiger partial charge in [0.05, 0.1) is 5.75 Å². The van der Waals surface area contributed by atoms with Crippen molar-refractivity contribution >= 4 is 35.0 Å². The molecule has 152 valence electrons. The average Bonchev–Trinajstić information content (AvgIpc) is 3.11. The third-order valence-corrected chi connectivity index (χ3v) is 6.47. The number of hydrogen-bond acceptors (Lipinski definition) is 3. The van der Waals surface area contributed by atoms with Crippen LogP contribution in [0.4, 0.5) is 11.4 Å². The minimum atomic E-state index is -0.187. The standard InChI is InChI=1S/C25H24N2O2S/c1-16-9-12-19(13-10-16)24(29)26-21-7-5-4-6-20(21)25-27(23(28)15-30-25)22-14-17(2)8-11-18(22)3/h4-14,25H,15H2,1-3H3,(H,26,29). The molecule has 0 bridgehead atoms. The fraction of sp³-hybridized carbons (Fsp3) is 0.200. The fourth-order valence-corrected chi connectivity index (χ4v) is 4.82. The van der Waals surface area contributed by atoms with Crippen LogP contribution in [0.3, 0.4) is 0 Å². The van der Waals surface area contributed by atoms with Crippen LogP contribution in [0.15, 0.2) is 66.7 Å². The first-order chi connectivity index (χ1) is 14.4. The first kappa shape index (κ1) is 20.2. The summed E-state index contributed by atoms with van der Waals surface area (Å²) < 4.78 is 0. The van der Waals surface area contributed by atoms with Gasteiger partial charge in [-0.15, -0.1) is 11.8 Å². The SMILES string of the molecule is Cc1ccc(C(=O)Nc2ccccc2C2SCC(=O)N2c2cc(C)ccc2C)cc1. The largest absolute Gasteiger partial charge is 0.322 e. The van der Waals surface area contributed by atoms with Crippen molar-refractivity contribution in [3.05, 3.63) is 94.5 Å². The Kier molecular flexibility index (Phi) is 5.64. The number of anilines is 2. The van der Waals surface area contributed by atoms with Crippen molar-refractivity contribution in [3.63, 3.8) is 0 Å². The number of carbonyl (C=O) groups is 2. The second-order valence-electron chi connectivity index (χ2n) is 7.62. The molecule has 3 aromatic rings. The number of para-hydroxylation sites is 1. The zero-order valence-electron chi connectivity index (χ0n) is 17.3. The predicted octanol–water partition coefficient (Wildman–Crippen LogP) is 5.64. The monoisotopic (exact) mass is 416 g/mol. The molecule has 1 unspecified atom stereocenters. The Bertz CT molecular complexity index is 1110. The summed E-state index contributed by atoms with van der Waals surface area (Å²) in [4.78, 5) is 27.5. The van der Waals surface area contributed by atoms with Crippen LogP contribution in [0.25, 0.3) is 0 Å². The Hall–Kier alpha value is -3.05. The van der Waals surface area contributed by atoms with E-state index in [9.17, 15) is 9.59 Å². The normalized spacial score (nSPS) is 16.0. The van der Waals surface area contributed by atoms with Crippen LogP contribution in [0.5, 0.6) is 0 Å². The highest BCUT2D eigenvalue weighted by Gasteiger charge is 2.36. The summed E-state index contributed by atoms with van der Waals surface area (Å²) in [6, 6.07) is 21.4. The van der Waals surface area contributed by atoms with Crippen molar-refractivity contribution in [2.24, 2.45) is 0 Å². The van der Waals surface area contributed by atoms with Gasteiger partial charge in [0, 0.05) is 22.5 Å². The maximum Gasteiger partial charge on any atom is 0.255 e. The molecule has 0 spiro atoms. The molecule has 1 N–H and O–H groups in total. The molecule has 0 radical (unpaired) electrons. The van der Waals surface area contributed by atoms with Crippen LogP contribution in [-0.4, -0.2) is 17.6 Å². The summed E-state index contributed by atoms with van der Waals surface area (Å²) in [5.74, 6) is 0.339. The zero-order valence-corrected chi connectivity index (χ0v) is 18.1. The smallest absolute Gasteiger partial charge is 0.255 e. The molecular formula is C25H24N2O2S. The Balaban J connectivity index is 1.68. The van der Waals surface area contributed by atoms with Crippen LogP contribution in [-0.2, 0) is 4.79 Å². The van der Waals surface area contributed by atoms with Crippen molar-refractivity contribution in [1.29, 1.82) is 0 Å². The van der Waals surface area contributed by atoms with E-state index < -0.39 is 0 Å². The maximum atomic E-state index is 12.8. The molecule has 4 nitrogen and oxygen atoms in total. The van der Waals surface area contributed by atoms with Crippen LogP contribution >= 0.6 is 11.8 Å². The second kappa shape index (κ2) is 8.36. The van der Waals surface area contributed by atoms with E-state index in [-0.39, 0.29) is 17.2 Å². The zero-order chi connectivity index (χ0) is 21.3. The Labute approximate surface area is 181 Å². The summed E-state index contributed by atoms with van der Waals surface area (Å²) in [6.07, 6.45) is 0. The average molecular weight is 417 g/mol. The minimum Gasteiger partial charge on any atom is -0.322 e. The van der Waals surface area contributed by atoms with Gasteiger partial charge in [0.2, 0.25) is 5.91 Å². The molecule has 1 aliphatic heterocycles. The van der Waals surface area contributed by atoms with E-state index in [2.05, 4.69) is 17.4 Å². The van der Waals surface area contributed by atoms with Crippen molar-refractivity contribution in [1.82, 2.24) is 0 Å². The second-order valence-corrected chi connectivity index (χ2v) is 8.69. The van der Waals surface area contributed by atoms with Gasteiger partial charge in [-0.3, -0.25) is 14.5 Å². The van der Waals surface area contributed by atoms with Crippen molar-refractivity contribution in [2.45, 2.75) is 26.1 Å².